The van der Waals surface area contributed by atoms with Gasteiger partial charge in [-0.1, -0.05) is 90.5 Å². The van der Waals surface area contributed by atoms with Gasteiger partial charge in [-0.2, -0.15) is 39.5 Å². The summed E-state index contributed by atoms with van der Waals surface area (Å²) in [5, 5.41) is 29.8. The Morgan fingerprint density at radius 1 is 0.446 bits per heavy atom. The quantitative estimate of drug-likeness (QED) is 0.0244. The number of nitrogens with one attached hydrogen (secondary N) is 11. The predicted octanol–water partition coefficient (Wildman–Crippen LogP) is 19.2. The third-order valence-electron chi connectivity index (χ3n) is 19.2. The van der Waals surface area contributed by atoms with E-state index in [9.17, 15) is 53.9 Å². The summed E-state index contributed by atoms with van der Waals surface area (Å²) in [7, 11) is 4.37. The van der Waals surface area contributed by atoms with Gasteiger partial charge in [0.25, 0.3) is 17.7 Å². The van der Waals surface area contributed by atoms with Crippen molar-refractivity contribution in [2.45, 2.75) is 69.9 Å². The minimum absolute atomic E-state index is 0.0899. The number of anilines is 11. The molecular weight excluding hydrogens is 1470 g/mol. The van der Waals surface area contributed by atoms with Crippen molar-refractivity contribution in [3.05, 3.63) is 278 Å². The fourth-order valence-corrected chi connectivity index (χ4v) is 13.8. The Hall–Kier alpha value is -12.2. The van der Waals surface area contributed by atoms with Crippen LogP contribution < -0.4 is 58.9 Å². The van der Waals surface area contributed by atoms with E-state index in [-0.39, 0.29) is 67.6 Å². The Bertz CT molecular complexity index is 5120. The molecule has 4 aromatic heterocycles. The van der Waals surface area contributed by atoms with E-state index in [0.29, 0.717) is 6.20 Å². The molecule has 578 valence electrons. The Morgan fingerprint density at radius 2 is 0.884 bits per heavy atom. The maximum Gasteiger partial charge on any atom is 0.419 e. The number of rotatable bonds is 16. The second-order valence-corrected chi connectivity index (χ2v) is 26.9. The first-order valence-corrected chi connectivity index (χ1v) is 36.4. The molecule has 0 spiro atoms. The molecule has 28 heteroatoms. The van der Waals surface area contributed by atoms with E-state index >= 15 is 0 Å². The number of nitrogen functional groups attached to an aromatic ring is 1. The van der Waals surface area contributed by atoms with Crippen LogP contribution in [-0.4, -0.2) is 85.0 Å². The number of nitrogens with two attached hydrogens (primary N) is 1. The number of allylic oxidation sites excluding steroid dienone is 6. The van der Waals surface area contributed by atoms with Crippen molar-refractivity contribution < 1.29 is 53.9 Å². The standard InChI is InChI=1S/2C28H26F3N5O.C14H11ClF3N3O.C14H16N2/c2*1-32-27(37)21-4-2-3-5-24(21)36-25-15-26(34-16-23(25)28(29,30)31)35-19-8-6-17-7-9-20(22(17)14-19)18-10-12-33-13-11-18;1-19-13(22)8-4-2-3-5-10(8)21-11-6-12(15)20-7-9(11)14(16,17)18;15-11-6-7-14-12(8-11)13(9-16-14)10-4-2-1-3-5-10/h2*2-6,8-10,14-16,33H,7,11-13H2,1H3,(H,32,37)(H2,34,35,36);2-7H,1H3,(H,19,22)(H,20,21);4,6-9,16H,1-3,5,15H2. The molecule has 18 nitrogen and oxygen atoms in total. The molecule has 0 bridgehead atoms. The fourth-order valence-electron chi connectivity index (χ4n) is 13.6. The molecule has 0 fully saturated rings. The smallest absolute Gasteiger partial charge is 0.399 e. The van der Waals surface area contributed by atoms with Gasteiger partial charge in [0, 0.05) is 105 Å². The minimum Gasteiger partial charge on any atom is -0.399 e. The topological polar surface area (TPSA) is 252 Å². The predicted molar refractivity (Wildman–Crippen MR) is 425 cm³/mol. The van der Waals surface area contributed by atoms with Gasteiger partial charge < -0.3 is 63.9 Å². The first kappa shape index (κ1) is 79.4. The van der Waals surface area contributed by atoms with Crippen molar-refractivity contribution in [2.75, 3.05) is 79.6 Å². The number of para-hydroxylation sites is 3. The van der Waals surface area contributed by atoms with Crippen LogP contribution in [0.25, 0.3) is 27.6 Å². The number of nitrogens with zero attached hydrogens (tertiary/aromatic N) is 3. The normalized spacial score (nSPS) is 14.4. The highest BCUT2D eigenvalue weighted by Gasteiger charge is 2.37. The van der Waals surface area contributed by atoms with E-state index in [1.807, 2.05) is 42.5 Å². The van der Waals surface area contributed by atoms with Gasteiger partial charge in [0.15, 0.2) is 0 Å². The minimum atomic E-state index is -4.63. The van der Waals surface area contributed by atoms with Crippen molar-refractivity contribution in [2.24, 2.45) is 0 Å². The van der Waals surface area contributed by atoms with Crippen LogP contribution in [0.3, 0.4) is 0 Å². The number of amides is 3. The van der Waals surface area contributed by atoms with Crippen LogP contribution in [0, 0.1) is 0 Å². The summed E-state index contributed by atoms with van der Waals surface area (Å²) in [5.41, 5.74) is 19.8. The van der Waals surface area contributed by atoms with Crippen molar-refractivity contribution in [1.82, 2.24) is 46.5 Å². The van der Waals surface area contributed by atoms with Crippen LogP contribution in [0.15, 0.2) is 212 Å². The molecule has 15 rings (SSSR count). The molecule has 0 atom stereocenters. The van der Waals surface area contributed by atoms with Gasteiger partial charge in [-0.15, -0.1) is 0 Å². The van der Waals surface area contributed by atoms with E-state index in [1.54, 1.807) is 60.7 Å². The van der Waals surface area contributed by atoms with Crippen LogP contribution in [0.4, 0.5) is 102 Å². The zero-order chi connectivity index (χ0) is 79.3. The molecular formula is C84H79ClF9N15O3. The maximum atomic E-state index is 13.8. The van der Waals surface area contributed by atoms with E-state index in [4.69, 9.17) is 17.3 Å². The van der Waals surface area contributed by atoms with Gasteiger partial charge in [0.05, 0.1) is 67.5 Å². The molecule has 5 aliphatic rings. The van der Waals surface area contributed by atoms with Crippen LogP contribution in [0.5, 0.6) is 0 Å². The van der Waals surface area contributed by atoms with Gasteiger partial charge in [0.1, 0.15) is 16.8 Å². The highest BCUT2D eigenvalue weighted by molar-refractivity contribution is 6.29. The molecule has 0 radical (unpaired) electrons. The molecule has 0 saturated heterocycles. The number of aromatic nitrogens is 4. The lowest BCUT2D eigenvalue weighted by atomic mass is 9.93. The van der Waals surface area contributed by atoms with Gasteiger partial charge in [-0.3, -0.25) is 14.4 Å². The van der Waals surface area contributed by atoms with Gasteiger partial charge in [0.2, 0.25) is 0 Å². The molecule has 6 aromatic carbocycles. The summed E-state index contributed by atoms with van der Waals surface area (Å²) < 4.78 is 122. The molecule has 13 N–H and O–H groups in total. The highest BCUT2D eigenvalue weighted by Crippen LogP contribution is 2.44. The Kier molecular flexibility index (Phi) is 25.0. The van der Waals surface area contributed by atoms with Gasteiger partial charge in [-0.25, -0.2) is 15.0 Å². The number of alkyl halides is 9. The lowest BCUT2D eigenvalue weighted by molar-refractivity contribution is -0.138. The third kappa shape index (κ3) is 19.3. The largest absolute Gasteiger partial charge is 0.419 e. The average Bonchev–Trinajstić information content (AvgIpc) is 0.941. The molecule has 3 amide bonds. The number of aromatic amines is 1. The Labute approximate surface area is 644 Å². The Balaban J connectivity index is 0.000000145. The van der Waals surface area contributed by atoms with Crippen molar-refractivity contribution in [3.63, 3.8) is 0 Å². The summed E-state index contributed by atoms with van der Waals surface area (Å²) in [6.07, 6.45) is 10.4. The summed E-state index contributed by atoms with van der Waals surface area (Å²) in [5.74, 6) is -0.739. The number of H-pyrrole nitrogens is 1. The molecule has 2 aliphatic heterocycles. The van der Waals surface area contributed by atoms with Crippen LogP contribution in [0.2, 0.25) is 5.15 Å². The monoisotopic (exact) mass is 1550 g/mol. The van der Waals surface area contributed by atoms with Crippen LogP contribution >= 0.6 is 11.6 Å². The van der Waals surface area contributed by atoms with Crippen LogP contribution in [0.1, 0.15) is 114 Å². The number of benzene rings is 6. The molecule has 0 saturated carbocycles. The van der Waals surface area contributed by atoms with Gasteiger partial charge in [-0.05, 0) is 200 Å². The molecule has 10 aromatic rings. The van der Waals surface area contributed by atoms with Crippen molar-refractivity contribution in [3.8, 4) is 0 Å². The van der Waals surface area contributed by atoms with Crippen molar-refractivity contribution in [1.29, 1.82) is 0 Å². The number of fused-ring (bicyclic) bond motifs is 3. The summed E-state index contributed by atoms with van der Waals surface area (Å²) in [6.45, 7) is 3.55. The summed E-state index contributed by atoms with van der Waals surface area (Å²) >= 11 is 5.67. The van der Waals surface area contributed by atoms with Crippen molar-refractivity contribution >= 4 is 120 Å². The molecule has 6 heterocycles. The SMILES string of the molecule is CNC(=O)c1ccccc1Nc1cc(Cl)ncc1C(F)(F)F.CNC(=O)c1ccccc1Nc1cc(Nc2ccc3c(c2)C(C2=CCNCC2)=CC3)ncc1C(F)(F)F.CNC(=O)c1ccccc1Nc1cc(Nc2ccc3c(c2)C(C2=CCNCC2)=CC3)ncc1C(F)(F)F.Nc1ccc2[nH]cc(C3=CCCCC3)c2c1. The number of halogens is 10. The molecule has 0 unspecified atom stereocenters. The summed E-state index contributed by atoms with van der Waals surface area (Å²) in [4.78, 5) is 51.1. The number of carbonyl (C=O) groups is 3. The second kappa shape index (κ2) is 35.2. The van der Waals surface area contributed by atoms with E-state index < -0.39 is 52.9 Å². The third-order valence-corrected chi connectivity index (χ3v) is 19.4. The van der Waals surface area contributed by atoms with Crippen LogP contribution in [-0.2, 0) is 31.4 Å². The second-order valence-electron chi connectivity index (χ2n) is 26.5. The zero-order valence-electron chi connectivity index (χ0n) is 61.0. The zero-order valence-corrected chi connectivity index (χ0v) is 61.7. The first-order valence-electron chi connectivity index (χ1n) is 36.0. The average molecular weight is 1550 g/mol. The van der Waals surface area contributed by atoms with Gasteiger partial charge >= 0.3 is 18.5 Å². The number of carbonyl (C=O) groups excluding carboxylic acids is 3. The Morgan fingerprint density at radius 3 is 1.29 bits per heavy atom. The molecule has 112 heavy (non-hydrogen) atoms. The highest BCUT2D eigenvalue weighted by atomic mass is 35.5. The van der Waals surface area contributed by atoms with E-state index in [1.165, 1.54) is 127 Å². The molecule has 3 aliphatic carbocycles. The van der Waals surface area contributed by atoms with E-state index in [2.05, 4.69) is 122 Å². The fraction of sp³-hybridized carbons (Fsp3) is 0.214. The van der Waals surface area contributed by atoms with E-state index in [0.717, 1.165) is 98.5 Å². The lowest BCUT2D eigenvalue weighted by Crippen LogP contribution is -2.20. The number of hydrogen-bond acceptors (Lipinski definition) is 14. The number of pyridine rings is 3. The lowest BCUT2D eigenvalue weighted by Gasteiger charge is -2.18. The summed E-state index contributed by atoms with van der Waals surface area (Å²) in [6, 6.07) is 40.7. The first-order chi connectivity index (χ1) is 53.8. The maximum absolute atomic E-state index is 13.8. The number of hydrogen-bond donors (Lipinski definition) is 12.